The molecule has 78 valence electrons. The molecule has 0 saturated carbocycles. The van der Waals surface area contributed by atoms with Crippen LogP contribution >= 0.6 is 0 Å². The van der Waals surface area contributed by atoms with Gasteiger partial charge < -0.3 is 9.64 Å². The maximum absolute atomic E-state index is 11.4. The highest BCUT2D eigenvalue weighted by Gasteiger charge is 2.13. The molecule has 13 heavy (non-hydrogen) atoms. The smallest absolute Gasteiger partial charge is 0.224 e. The highest BCUT2D eigenvalue weighted by molar-refractivity contribution is 5.77. The van der Waals surface area contributed by atoms with Crippen molar-refractivity contribution in [1.82, 2.24) is 4.90 Å². The Labute approximate surface area is 81.1 Å². The molecule has 0 spiro atoms. The van der Waals surface area contributed by atoms with E-state index in [-0.39, 0.29) is 17.9 Å². The second-order valence-electron chi connectivity index (χ2n) is 3.75. The molecule has 0 aromatic carbocycles. The van der Waals surface area contributed by atoms with Gasteiger partial charge in [-0.25, -0.2) is 0 Å². The molecule has 0 radical (unpaired) electrons. The van der Waals surface area contributed by atoms with Gasteiger partial charge in [0.2, 0.25) is 5.91 Å². The maximum atomic E-state index is 11.4. The van der Waals surface area contributed by atoms with Gasteiger partial charge in [-0.2, -0.15) is 0 Å². The van der Waals surface area contributed by atoms with Crippen molar-refractivity contribution in [1.29, 1.82) is 0 Å². The Bertz CT molecular complexity index is 157. The summed E-state index contributed by atoms with van der Waals surface area (Å²) < 4.78 is 5.10. The van der Waals surface area contributed by atoms with Crippen LogP contribution in [-0.4, -0.2) is 37.6 Å². The molecule has 3 heteroatoms. The normalized spacial score (nSPS) is 13.1. The number of carbonyl (C=O) groups excluding carboxylic acids is 1. The first-order chi connectivity index (χ1) is 5.99. The third-order valence-corrected chi connectivity index (χ3v) is 2.14. The number of carbonyl (C=O) groups is 1. The molecular formula is C10H21NO2. The van der Waals surface area contributed by atoms with Gasteiger partial charge in [0.05, 0.1) is 6.10 Å². The van der Waals surface area contributed by atoms with Gasteiger partial charge in [-0.1, -0.05) is 13.8 Å². The molecule has 1 amide bonds. The van der Waals surface area contributed by atoms with Crippen LogP contribution < -0.4 is 0 Å². The molecular weight excluding hydrogens is 166 g/mol. The molecule has 0 rings (SSSR count). The number of ether oxygens (including phenoxy) is 1. The summed E-state index contributed by atoms with van der Waals surface area (Å²) in [5.41, 5.74) is 0. The topological polar surface area (TPSA) is 29.5 Å². The van der Waals surface area contributed by atoms with Crippen molar-refractivity contribution in [2.75, 3.05) is 20.7 Å². The second-order valence-corrected chi connectivity index (χ2v) is 3.75. The van der Waals surface area contributed by atoms with Crippen LogP contribution in [0.15, 0.2) is 0 Å². The lowest BCUT2D eigenvalue weighted by Gasteiger charge is -2.20. The van der Waals surface area contributed by atoms with E-state index in [2.05, 4.69) is 0 Å². The van der Waals surface area contributed by atoms with Gasteiger partial charge in [0, 0.05) is 26.6 Å². The molecule has 0 fully saturated rings. The highest BCUT2D eigenvalue weighted by Crippen LogP contribution is 2.02. The van der Waals surface area contributed by atoms with Crippen molar-refractivity contribution >= 4 is 5.91 Å². The average molecular weight is 187 g/mol. The standard InChI is InChI=1S/C10H21NO2/c1-8(2)10(12)11(4)7-6-9(3)13-5/h8-9H,6-7H2,1-5H3. The van der Waals surface area contributed by atoms with Crippen LogP contribution in [0.4, 0.5) is 0 Å². The molecule has 0 N–H and O–H groups in total. The van der Waals surface area contributed by atoms with Gasteiger partial charge in [0.25, 0.3) is 0 Å². The maximum Gasteiger partial charge on any atom is 0.224 e. The third kappa shape index (κ3) is 4.88. The number of hydrogen-bond donors (Lipinski definition) is 0. The summed E-state index contributed by atoms with van der Waals surface area (Å²) in [7, 11) is 3.53. The van der Waals surface area contributed by atoms with E-state index in [0.717, 1.165) is 13.0 Å². The van der Waals surface area contributed by atoms with Crippen LogP contribution in [0, 0.1) is 5.92 Å². The SMILES string of the molecule is COC(C)CCN(C)C(=O)C(C)C. The van der Waals surface area contributed by atoms with E-state index in [1.807, 2.05) is 27.8 Å². The fraction of sp³-hybridized carbons (Fsp3) is 0.900. The predicted molar refractivity (Wildman–Crippen MR) is 53.6 cm³/mol. The molecule has 1 atom stereocenters. The molecule has 0 heterocycles. The Morgan fingerprint density at radius 2 is 1.92 bits per heavy atom. The first-order valence-electron chi connectivity index (χ1n) is 4.76. The predicted octanol–water partition coefficient (Wildman–Crippen LogP) is 1.53. The Morgan fingerprint density at radius 3 is 2.31 bits per heavy atom. The minimum atomic E-state index is 0.0860. The largest absolute Gasteiger partial charge is 0.382 e. The van der Waals surface area contributed by atoms with E-state index in [0.29, 0.717) is 0 Å². The van der Waals surface area contributed by atoms with Crippen LogP contribution in [0.2, 0.25) is 0 Å². The van der Waals surface area contributed by atoms with E-state index in [4.69, 9.17) is 4.74 Å². The van der Waals surface area contributed by atoms with E-state index in [9.17, 15) is 4.79 Å². The summed E-state index contributed by atoms with van der Waals surface area (Å²) in [6.45, 7) is 6.61. The van der Waals surface area contributed by atoms with Crippen LogP contribution in [0.3, 0.4) is 0 Å². The van der Waals surface area contributed by atoms with Gasteiger partial charge >= 0.3 is 0 Å². The van der Waals surface area contributed by atoms with E-state index < -0.39 is 0 Å². The minimum absolute atomic E-state index is 0.0860. The van der Waals surface area contributed by atoms with Crippen molar-refractivity contribution in [3.05, 3.63) is 0 Å². The molecule has 0 aromatic rings. The Kier molecular flexibility index (Phi) is 5.71. The van der Waals surface area contributed by atoms with Crippen molar-refractivity contribution < 1.29 is 9.53 Å². The third-order valence-electron chi connectivity index (χ3n) is 2.14. The summed E-state index contributed by atoms with van der Waals surface area (Å²) >= 11 is 0. The number of rotatable bonds is 5. The minimum Gasteiger partial charge on any atom is -0.382 e. The fourth-order valence-electron chi connectivity index (χ4n) is 1.04. The molecule has 0 aliphatic heterocycles. The van der Waals surface area contributed by atoms with Crippen molar-refractivity contribution in [3.8, 4) is 0 Å². The van der Waals surface area contributed by atoms with E-state index >= 15 is 0 Å². The zero-order chi connectivity index (χ0) is 10.4. The zero-order valence-electron chi connectivity index (χ0n) is 9.33. The summed E-state index contributed by atoms with van der Waals surface area (Å²) in [4.78, 5) is 13.2. The van der Waals surface area contributed by atoms with Crippen molar-refractivity contribution in [3.63, 3.8) is 0 Å². The van der Waals surface area contributed by atoms with Crippen LogP contribution in [-0.2, 0) is 9.53 Å². The molecule has 0 aromatic heterocycles. The quantitative estimate of drug-likeness (QED) is 0.653. The highest BCUT2D eigenvalue weighted by atomic mass is 16.5. The molecule has 1 unspecified atom stereocenters. The van der Waals surface area contributed by atoms with E-state index in [1.165, 1.54) is 0 Å². The van der Waals surface area contributed by atoms with Crippen LogP contribution in [0.25, 0.3) is 0 Å². The van der Waals surface area contributed by atoms with Crippen molar-refractivity contribution in [2.45, 2.75) is 33.3 Å². The zero-order valence-corrected chi connectivity index (χ0v) is 9.33. The lowest BCUT2D eigenvalue weighted by Crippen LogP contribution is -2.32. The van der Waals surface area contributed by atoms with Gasteiger partial charge in [0.1, 0.15) is 0 Å². The summed E-state index contributed by atoms with van der Waals surface area (Å²) in [5.74, 6) is 0.283. The molecule has 0 bridgehead atoms. The lowest BCUT2D eigenvalue weighted by atomic mass is 10.2. The van der Waals surface area contributed by atoms with Crippen molar-refractivity contribution in [2.24, 2.45) is 5.92 Å². The van der Waals surface area contributed by atoms with Gasteiger partial charge in [-0.15, -0.1) is 0 Å². The molecule has 3 nitrogen and oxygen atoms in total. The number of hydrogen-bond acceptors (Lipinski definition) is 2. The van der Waals surface area contributed by atoms with Crippen LogP contribution in [0.1, 0.15) is 27.2 Å². The number of methoxy groups -OCH3 is 1. The number of amides is 1. The summed E-state index contributed by atoms with van der Waals surface area (Å²) in [6.07, 6.45) is 1.12. The van der Waals surface area contributed by atoms with Gasteiger partial charge in [-0.05, 0) is 13.3 Å². The Hall–Kier alpha value is -0.570. The molecule has 0 aliphatic rings. The molecule has 0 saturated heterocycles. The number of nitrogens with zero attached hydrogens (tertiary/aromatic N) is 1. The first-order valence-corrected chi connectivity index (χ1v) is 4.76. The van der Waals surface area contributed by atoms with Gasteiger partial charge in [-0.3, -0.25) is 4.79 Å². The van der Waals surface area contributed by atoms with Crippen LogP contribution in [0.5, 0.6) is 0 Å². The summed E-state index contributed by atoms with van der Waals surface area (Å²) in [6, 6.07) is 0. The fourth-order valence-corrected chi connectivity index (χ4v) is 1.04. The Balaban J connectivity index is 3.74. The van der Waals surface area contributed by atoms with Gasteiger partial charge in [0.15, 0.2) is 0 Å². The monoisotopic (exact) mass is 187 g/mol. The average Bonchev–Trinajstić information content (AvgIpc) is 2.11. The van der Waals surface area contributed by atoms with E-state index in [1.54, 1.807) is 12.0 Å². The first kappa shape index (κ1) is 12.4. The lowest BCUT2D eigenvalue weighted by molar-refractivity contribution is -0.133. The Morgan fingerprint density at radius 1 is 1.38 bits per heavy atom. The molecule has 0 aliphatic carbocycles. The second kappa shape index (κ2) is 5.97. The summed E-state index contributed by atoms with van der Waals surface area (Å²) in [5, 5.41) is 0.